The molecule has 0 saturated heterocycles. The Bertz CT molecular complexity index is 362. The molecule has 3 nitrogen and oxygen atoms in total. The topological polar surface area (TPSA) is 50.9 Å². The Hall–Kier alpha value is -1.25. The van der Waals surface area contributed by atoms with Crippen LogP contribution in [0.2, 0.25) is 0 Å². The molecule has 1 fully saturated rings. The quantitative estimate of drug-likeness (QED) is 0.842. The van der Waals surface area contributed by atoms with Crippen LogP contribution >= 0.6 is 0 Å². The molecule has 0 aliphatic heterocycles. The van der Waals surface area contributed by atoms with Crippen LogP contribution in [0.15, 0.2) is 18.3 Å². The van der Waals surface area contributed by atoms with Crippen molar-refractivity contribution in [2.24, 2.45) is 11.8 Å². The van der Waals surface area contributed by atoms with Crippen molar-refractivity contribution in [3.05, 3.63) is 18.3 Å². The zero-order chi connectivity index (χ0) is 12.3. The maximum Gasteiger partial charge on any atom is 0.128 e. The number of hydrogen-bond donors (Lipinski definition) is 2. The Morgan fingerprint density at radius 1 is 1.35 bits per heavy atom. The van der Waals surface area contributed by atoms with Crippen molar-refractivity contribution < 1.29 is 0 Å². The van der Waals surface area contributed by atoms with E-state index in [4.69, 9.17) is 5.73 Å². The van der Waals surface area contributed by atoms with Gasteiger partial charge in [-0.05, 0) is 30.7 Å². The van der Waals surface area contributed by atoms with Crippen LogP contribution in [0.3, 0.4) is 0 Å². The molecule has 2 unspecified atom stereocenters. The second-order valence-electron chi connectivity index (χ2n) is 5.42. The van der Waals surface area contributed by atoms with Gasteiger partial charge < -0.3 is 11.1 Å². The van der Waals surface area contributed by atoms with Gasteiger partial charge in [0.05, 0.1) is 0 Å². The van der Waals surface area contributed by atoms with Crippen LogP contribution in [0, 0.1) is 11.8 Å². The fourth-order valence-corrected chi connectivity index (χ4v) is 2.85. The molecule has 1 aromatic heterocycles. The van der Waals surface area contributed by atoms with Crippen LogP contribution in [0.25, 0.3) is 0 Å². The van der Waals surface area contributed by atoms with E-state index >= 15 is 0 Å². The van der Waals surface area contributed by atoms with Gasteiger partial charge in [0, 0.05) is 24.0 Å². The van der Waals surface area contributed by atoms with Gasteiger partial charge in [-0.2, -0.15) is 0 Å². The Morgan fingerprint density at radius 3 is 2.82 bits per heavy atom. The summed E-state index contributed by atoms with van der Waals surface area (Å²) in [5, 5.41) is 3.56. The summed E-state index contributed by atoms with van der Waals surface area (Å²) in [4.78, 5) is 4.34. The highest BCUT2D eigenvalue weighted by atomic mass is 15.0. The van der Waals surface area contributed by atoms with Crippen molar-refractivity contribution in [2.45, 2.75) is 45.6 Å². The first-order chi connectivity index (χ1) is 8.16. The molecule has 0 spiro atoms. The van der Waals surface area contributed by atoms with E-state index in [-0.39, 0.29) is 0 Å². The molecule has 0 bridgehead atoms. The molecule has 17 heavy (non-hydrogen) atoms. The molecule has 2 atom stereocenters. The summed E-state index contributed by atoms with van der Waals surface area (Å²) in [5.41, 5.74) is 6.56. The molecular weight excluding hydrogens is 210 g/mol. The van der Waals surface area contributed by atoms with Gasteiger partial charge in [-0.15, -0.1) is 0 Å². The van der Waals surface area contributed by atoms with E-state index in [0.29, 0.717) is 6.04 Å². The fourth-order valence-electron chi connectivity index (χ4n) is 2.85. The van der Waals surface area contributed by atoms with Gasteiger partial charge in [0.25, 0.3) is 0 Å². The predicted octanol–water partition coefficient (Wildman–Crippen LogP) is 3.29. The van der Waals surface area contributed by atoms with Gasteiger partial charge in [-0.3, -0.25) is 0 Å². The van der Waals surface area contributed by atoms with Gasteiger partial charge in [0.15, 0.2) is 0 Å². The monoisotopic (exact) mass is 233 g/mol. The second kappa shape index (κ2) is 5.39. The summed E-state index contributed by atoms with van der Waals surface area (Å²) >= 11 is 0. The molecule has 1 aromatic rings. The number of nitrogens with zero attached hydrogens (tertiary/aromatic N) is 1. The average molecular weight is 233 g/mol. The molecule has 1 aliphatic carbocycles. The van der Waals surface area contributed by atoms with Crippen molar-refractivity contribution in [3.63, 3.8) is 0 Å². The van der Waals surface area contributed by atoms with Crippen molar-refractivity contribution in [1.29, 1.82) is 0 Å². The third-order valence-electron chi connectivity index (χ3n) is 3.79. The number of nitrogens with two attached hydrogens (primary N) is 1. The summed E-state index contributed by atoms with van der Waals surface area (Å²) in [5.74, 6) is 2.41. The number of hydrogen-bond acceptors (Lipinski definition) is 3. The van der Waals surface area contributed by atoms with E-state index in [1.165, 1.54) is 25.7 Å². The maximum absolute atomic E-state index is 5.78. The molecule has 3 heteroatoms. The Labute approximate surface area is 104 Å². The molecule has 0 amide bonds. The zero-order valence-corrected chi connectivity index (χ0v) is 10.8. The smallest absolute Gasteiger partial charge is 0.128 e. The van der Waals surface area contributed by atoms with Gasteiger partial charge in [-0.25, -0.2) is 4.98 Å². The van der Waals surface area contributed by atoms with Crippen LogP contribution in [0.4, 0.5) is 11.5 Å². The normalized spacial score (nSPS) is 24.9. The highest BCUT2D eigenvalue weighted by Gasteiger charge is 2.27. The summed E-state index contributed by atoms with van der Waals surface area (Å²) in [7, 11) is 0. The highest BCUT2D eigenvalue weighted by Crippen LogP contribution is 2.32. The highest BCUT2D eigenvalue weighted by molar-refractivity contribution is 5.48. The summed E-state index contributed by atoms with van der Waals surface area (Å²) in [6, 6.07) is 4.30. The minimum atomic E-state index is 0.554. The minimum Gasteiger partial charge on any atom is -0.399 e. The number of rotatable bonds is 3. The first kappa shape index (κ1) is 12.2. The molecule has 94 valence electrons. The zero-order valence-electron chi connectivity index (χ0n) is 10.8. The summed E-state index contributed by atoms with van der Waals surface area (Å²) in [6.07, 6.45) is 7.04. The van der Waals surface area contributed by atoms with Gasteiger partial charge in [0.1, 0.15) is 5.82 Å². The standard InChI is InChI=1S/C14H23N3/c1-10(2)12-5-3-4-6-13(12)17-14-9-11(15)7-8-16-14/h7-10,12-13H,3-6H2,1-2H3,(H3,15,16,17). The molecule has 0 aromatic carbocycles. The van der Waals surface area contributed by atoms with Crippen LogP contribution in [-0.4, -0.2) is 11.0 Å². The van der Waals surface area contributed by atoms with Crippen molar-refractivity contribution in [1.82, 2.24) is 4.98 Å². The largest absolute Gasteiger partial charge is 0.399 e. The average Bonchev–Trinajstić information content (AvgIpc) is 2.29. The Morgan fingerprint density at radius 2 is 2.12 bits per heavy atom. The van der Waals surface area contributed by atoms with Gasteiger partial charge >= 0.3 is 0 Å². The molecule has 0 radical (unpaired) electrons. The van der Waals surface area contributed by atoms with E-state index < -0.39 is 0 Å². The van der Waals surface area contributed by atoms with Gasteiger partial charge in [0.2, 0.25) is 0 Å². The predicted molar refractivity (Wildman–Crippen MR) is 72.9 cm³/mol. The molecule has 1 saturated carbocycles. The number of nitrogen functional groups attached to an aromatic ring is 1. The molecule has 1 aliphatic rings. The Kier molecular flexibility index (Phi) is 3.87. The lowest BCUT2D eigenvalue weighted by Crippen LogP contribution is -2.35. The van der Waals surface area contributed by atoms with Crippen molar-refractivity contribution in [3.8, 4) is 0 Å². The van der Waals surface area contributed by atoms with E-state index in [1.54, 1.807) is 6.20 Å². The first-order valence-corrected chi connectivity index (χ1v) is 6.65. The SMILES string of the molecule is CC(C)C1CCCCC1Nc1cc(N)ccn1. The second-order valence-corrected chi connectivity index (χ2v) is 5.42. The van der Waals surface area contributed by atoms with Crippen LogP contribution in [-0.2, 0) is 0 Å². The van der Waals surface area contributed by atoms with E-state index in [9.17, 15) is 0 Å². The molecule has 3 N–H and O–H groups in total. The van der Waals surface area contributed by atoms with E-state index in [1.807, 2.05) is 12.1 Å². The molecule has 2 rings (SSSR count). The number of aromatic nitrogens is 1. The van der Waals surface area contributed by atoms with Crippen molar-refractivity contribution >= 4 is 11.5 Å². The molecular formula is C14H23N3. The van der Waals surface area contributed by atoms with Crippen LogP contribution < -0.4 is 11.1 Å². The lowest BCUT2D eigenvalue weighted by atomic mass is 9.78. The number of anilines is 2. The summed E-state index contributed by atoms with van der Waals surface area (Å²) in [6.45, 7) is 4.63. The Balaban J connectivity index is 2.05. The lowest BCUT2D eigenvalue weighted by Gasteiger charge is -2.35. The number of nitrogens with one attached hydrogen (secondary N) is 1. The fraction of sp³-hybridized carbons (Fsp3) is 0.643. The van der Waals surface area contributed by atoms with Crippen molar-refractivity contribution in [2.75, 3.05) is 11.1 Å². The molecule has 1 heterocycles. The van der Waals surface area contributed by atoms with E-state index in [2.05, 4.69) is 24.1 Å². The van der Waals surface area contributed by atoms with Gasteiger partial charge in [-0.1, -0.05) is 26.7 Å². The summed E-state index contributed by atoms with van der Waals surface area (Å²) < 4.78 is 0. The lowest BCUT2D eigenvalue weighted by molar-refractivity contribution is 0.253. The van der Waals surface area contributed by atoms with E-state index in [0.717, 1.165) is 23.3 Å². The maximum atomic E-state index is 5.78. The van der Waals surface area contributed by atoms with Crippen LogP contribution in [0.1, 0.15) is 39.5 Å². The minimum absolute atomic E-state index is 0.554. The first-order valence-electron chi connectivity index (χ1n) is 6.65. The third kappa shape index (κ3) is 3.11. The third-order valence-corrected chi connectivity index (χ3v) is 3.79. The van der Waals surface area contributed by atoms with Crippen LogP contribution in [0.5, 0.6) is 0 Å². The number of pyridine rings is 1.